The standard InChI is InChI=1S/3C9H24N4.2C7H19N3.C5H14N2.C3H9N/c1-10(2)9(11(3)4,12(5)6)13(7)8;1-10(2)7-12(5)9-13(6)8-11(3)4;1-10(2)7-13(8-11(3)4)9-12(5)6;1-8(2)7(9(3)4)10(5)6;1-8(2)6-10(5)7-9(3)4;1-6(2)5-7(3)4;1-4(2)3/h1-8H3;2*7-9H2,1-6H3;7H,1-6H3;6-7H2,1-5H3;5H2,1-4H3;1-3H3. The first-order valence-corrected chi connectivity index (χ1v) is 24.4. The van der Waals surface area contributed by atoms with Crippen LogP contribution in [0.3, 0.4) is 0 Å². The van der Waals surface area contributed by atoms with E-state index in [2.05, 4.69) is 345 Å². The van der Waals surface area contributed by atoms with Gasteiger partial charge in [-0.2, -0.15) is 0 Å². The highest BCUT2D eigenvalue weighted by atomic mass is 15.7. The summed E-state index contributed by atoms with van der Waals surface area (Å²) in [5.41, 5.74) is 0. The van der Waals surface area contributed by atoms with Crippen LogP contribution in [-0.2, 0) is 0 Å². The summed E-state index contributed by atoms with van der Waals surface area (Å²) in [6.07, 6.45) is 0.389. The molecule has 0 bridgehead atoms. The number of rotatable bonds is 25. The summed E-state index contributed by atoms with van der Waals surface area (Å²) in [5.74, 6) is -0.167. The molecule has 434 valence electrons. The van der Waals surface area contributed by atoms with E-state index >= 15 is 0 Å². The van der Waals surface area contributed by atoms with Crippen LogP contribution in [0.5, 0.6) is 0 Å². The van der Waals surface area contributed by atoms with Crippen molar-refractivity contribution in [2.45, 2.75) is 12.2 Å². The van der Waals surface area contributed by atoms with Gasteiger partial charge in [0.2, 0.25) is 0 Å². The normalized spacial score (nSPS) is 12.3. The van der Waals surface area contributed by atoms with Crippen LogP contribution in [0.2, 0.25) is 0 Å². The predicted molar refractivity (Wildman–Crippen MR) is 314 cm³/mol. The monoisotopic (exact) mass is 1020 g/mol. The van der Waals surface area contributed by atoms with Crippen LogP contribution in [0.1, 0.15) is 0 Å². The Morgan fingerprint density at radius 2 is 0.371 bits per heavy atom. The zero-order chi connectivity index (χ0) is 57.6. The summed E-state index contributed by atoms with van der Waals surface area (Å²) in [6, 6.07) is 0. The molecule has 0 fully saturated rings. The largest absolute Gasteiger partial charge is 0.312 e. The summed E-state index contributed by atoms with van der Waals surface area (Å²) in [7, 11) is 78.9. The summed E-state index contributed by atoms with van der Waals surface area (Å²) >= 11 is 0. The van der Waals surface area contributed by atoms with E-state index < -0.39 is 0 Å². The molecule has 0 aromatic rings. The van der Waals surface area contributed by atoms with Gasteiger partial charge in [0.1, 0.15) is 6.29 Å². The lowest BCUT2D eigenvalue weighted by molar-refractivity contribution is -0.200. The number of hydrogen-bond acceptors (Lipinski definition) is 21. The van der Waals surface area contributed by atoms with E-state index in [9.17, 15) is 0 Å². The summed E-state index contributed by atoms with van der Waals surface area (Å²) in [4.78, 5) is 45.9. The maximum Gasteiger partial charge on any atom is 0.189 e. The quantitative estimate of drug-likeness (QED) is 0.112. The van der Waals surface area contributed by atoms with Crippen LogP contribution >= 0.6 is 0 Å². The molecule has 0 aliphatic rings. The van der Waals surface area contributed by atoms with Crippen molar-refractivity contribution in [2.75, 3.05) is 328 Å². The molecule has 0 spiro atoms. The third-order valence-electron chi connectivity index (χ3n) is 8.38. The van der Waals surface area contributed by atoms with Gasteiger partial charge in [0.15, 0.2) is 5.91 Å². The highest BCUT2D eigenvalue weighted by Crippen LogP contribution is 2.20. The molecule has 0 aromatic carbocycles. The Balaban J connectivity index is -0.000000135. The minimum absolute atomic E-state index is 0.167. The van der Waals surface area contributed by atoms with Crippen molar-refractivity contribution >= 4 is 0 Å². The lowest BCUT2D eigenvalue weighted by Gasteiger charge is -2.53. The molecule has 21 nitrogen and oxygen atoms in total. The molecule has 0 aromatic heterocycles. The molecular weight excluding hydrogens is 883 g/mol. The van der Waals surface area contributed by atoms with Gasteiger partial charge in [-0.25, -0.2) is 0 Å². The zero-order valence-electron chi connectivity index (χ0n) is 54.8. The lowest BCUT2D eigenvalue weighted by Crippen LogP contribution is -2.71. The molecule has 0 saturated heterocycles. The summed E-state index contributed by atoms with van der Waals surface area (Å²) in [6.45, 7) is 9.03. The predicted octanol–water partition coefficient (Wildman–Crippen LogP) is -0.308. The van der Waals surface area contributed by atoms with E-state index in [0.29, 0.717) is 6.29 Å². The Bertz CT molecular complexity index is 940. The van der Waals surface area contributed by atoms with Crippen LogP contribution in [-0.4, -0.2) is 443 Å². The Kier molecular flexibility index (Phi) is 56.8. The lowest BCUT2D eigenvalue weighted by atomic mass is 10.4. The van der Waals surface area contributed by atoms with Crippen molar-refractivity contribution < 1.29 is 0 Å². The minimum atomic E-state index is -0.167. The molecule has 0 aliphatic heterocycles. The van der Waals surface area contributed by atoms with Crippen molar-refractivity contribution in [3.63, 3.8) is 0 Å². The second-order valence-electron chi connectivity index (χ2n) is 23.0. The third-order valence-corrected chi connectivity index (χ3v) is 8.38. The first-order chi connectivity index (χ1) is 31.4. The van der Waals surface area contributed by atoms with Gasteiger partial charge >= 0.3 is 0 Å². The average molecular weight is 1020 g/mol. The topological polar surface area (TPSA) is 68.0 Å². The van der Waals surface area contributed by atoms with Gasteiger partial charge in [0, 0.05) is 6.67 Å². The fraction of sp³-hybridized carbons (Fsp3) is 1.00. The fourth-order valence-electron chi connectivity index (χ4n) is 8.16. The zero-order valence-corrected chi connectivity index (χ0v) is 54.8. The fourth-order valence-corrected chi connectivity index (χ4v) is 8.16. The van der Waals surface area contributed by atoms with Gasteiger partial charge in [0.05, 0.1) is 53.3 Å². The van der Waals surface area contributed by atoms with Gasteiger partial charge in [-0.1, -0.05) is 0 Å². The first-order valence-electron chi connectivity index (χ1n) is 24.4. The van der Waals surface area contributed by atoms with Crippen LogP contribution in [0.4, 0.5) is 0 Å². The van der Waals surface area contributed by atoms with Crippen LogP contribution in [0.15, 0.2) is 0 Å². The number of nitrogens with zero attached hydrogens (tertiary/aromatic N) is 21. The van der Waals surface area contributed by atoms with Crippen molar-refractivity contribution in [3.05, 3.63) is 0 Å². The molecule has 0 atom stereocenters. The molecule has 0 amide bonds. The van der Waals surface area contributed by atoms with E-state index in [0.717, 1.165) is 60.0 Å². The smallest absolute Gasteiger partial charge is 0.189 e. The summed E-state index contributed by atoms with van der Waals surface area (Å²) < 4.78 is 0. The van der Waals surface area contributed by atoms with Crippen LogP contribution in [0.25, 0.3) is 0 Å². The molecule has 0 aliphatic carbocycles. The third kappa shape index (κ3) is 58.1. The Hall–Kier alpha value is -0.840. The molecular formula is C49H133N21. The number of hydrogen-bond donors (Lipinski definition) is 0. The van der Waals surface area contributed by atoms with E-state index in [4.69, 9.17) is 0 Å². The summed E-state index contributed by atoms with van der Waals surface area (Å²) in [5, 5.41) is 0. The van der Waals surface area contributed by atoms with Crippen LogP contribution in [0, 0.1) is 0 Å². The second-order valence-corrected chi connectivity index (χ2v) is 23.0. The SMILES string of the molecule is CN(C)C.CN(C)C(N(C)C)(N(C)C)N(C)C.CN(C)C(N(C)C)N(C)C.CN(C)CN(C)C.CN(C)CN(C)CN(C)C.CN(C)CN(C)CN(C)CN(C)C.CN(C)CN(CN(C)C)CN(C)C. The highest BCUT2D eigenvalue weighted by Gasteiger charge is 2.40. The first kappa shape index (κ1) is 83.2. The maximum atomic E-state index is 2.38. The van der Waals surface area contributed by atoms with Crippen molar-refractivity contribution in [1.82, 2.24) is 103 Å². The van der Waals surface area contributed by atoms with Gasteiger partial charge in [-0.3, -0.25) is 98.0 Å². The van der Waals surface area contributed by atoms with E-state index in [1.165, 1.54) is 0 Å². The molecule has 70 heavy (non-hydrogen) atoms. The van der Waals surface area contributed by atoms with E-state index in [1.54, 1.807) is 0 Å². The van der Waals surface area contributed by atoms with Gasteiger partial charge < -0.3 is 4.90 Å². The molecule has 0 heterocycles. The molecule has 21 heteroatoms. The van der Waals surface area contributed by atoms with E-state index in [-0.39, 0.29) is 5.91 Å². The minimum Gasteiger partial charge on any atom is -0.312 e. The maximum absolute atomic E-state index is 2.38. The molecule has 0 N–H and O–H groups in total. The van der Waals surface area contributed by atoms with Crippen LogP contribution < -0.4 is 0 Å². The Morgan fingerprint density at radius 3 is 0.457 bits per heavy atom. The molecule has 0 unspecified atom stereocenters. The molecule has 0 radical (unpaired) electrons. The second kappa shape index (κ2) is 47.8. The highest BCUT2D eigenvalue weighted by molar-refractivity contribution is 4.79. The Labute approximate surface area is 441 Å². The Morgan fingerprint density at radius 1 is 0.214 bits per heavy atom. The average Bonchev–Trinajstić information content (AvgIpc) is 3.05. The van der Waals surface area contributed by atoms with Gasteiger partial charge in [-0.15, -0.1) is 0 Å². The van der Waals surface area contributed by atoms with E-state index in [1.807, 2.05) is 26.0 Å². The molecule has 0 rings (SSSR count). The van der Waals surface area contributed by atoms with Gasteiger partial charge in [0.25, 0.3) is 0 Å². The van der Waals surface area contributed by atoms with Crippen molar-refractivity contribution in [1.29, 1.82) is 0 Å². The van der Waals surface area contributed by atoms with Crippen molar-refractivity contribution in [3.8, 4) is 0 Å². The van der Waals surface area contributed by atoms with Gasteiger partial charge in [-0.05, 0) is 268 Å². The van der Waals surface area contributed by atoms with Crippen molar-refractivity contribution in [2.24, 2.45) is 0 Å². The molecule has 0 saturated carbocycles.